The molecule has 0 unspecified atom stereocenters. The molecule has 6 nitrogen and oxygen atoms in total. The quantitative estimate of drug-likeness (QED) is 0.582. The molecule has 0 spiro atoms. The summed E-state index contributed by atoms with van der Waals surface area (Å²) in [5, 5.41) is 7.49. The summed E-state index contributed by atoms with van der Waals surface area (Å²) in [6, 6.07) is 13.8. The Bertz CT molecular complexity index is 1110. The van der Waals surface area contributed by atoms with Crippen LogP contribution in [-0.2, 0) is 16.0 Å². The van der Waals surface area contributed by atoms with Gasteiger partial charge in [-0.1, -0.05) is 30.3 Å². The van der Waals surface area contributed by atoms with Crippen LogP contribution in [0.2, 0.25) is 0 Å². The number of nitrogens with zero attached hydrogens (tertiary/aromatic N) is 2. The van der Waals surface area contributed by atoms with Gasteiger partial charge in [-0.05, 0) is 24.6 Å². The first-order chi connectivity index (χ1) is 14.1. The van der Waals surface area contributed by atoms with Gasteiger partial charge in [0.1, 0.15) is 11.5 Å². The second-order valence-electron chi connectivity index (χ2n) is 7.52. The van der Waals surface area contributed by atoms with Gasteiger partial charge in [0.25, 0.3) is 0 Å². The number of hydrogen-bond acceptors (Lipinski definition) is 5. The molecule has 6 heteroatoms. The molecule has 1 fully saturated rings. The lowest BCUT2D eigenvalue weighted by Gasteiger charge is -2.28. The van der Waals surface area contributed by atoms with Gasteiger partial charge in [-0.2, -0.15) is 5.10 Å². The van der Waals surface area contributed by atoms with Crippen LogP contribution in [0.25, 0.3) is 22.5 Å². The number of morpholine rings is 1. The van der Waals surface area contributed by atoms with Gasteiger partial charge in [-0.25, -0.2) is 0 Å². The number of aromatic amines is 1. The summed E-state index contributed by atoms with van der Waals surface area (Å²) >= 11 is 0. The number of ether oxygens (including phenoxy) is 1. The van der Waals surface area contributed by atoms with Crippen molar-refractivity contribution in [1.29, 1.82) is 0 Å². The predicted molar refractivity (Wildman–Crippen MR) is 110 cm³/mol. The van der Waals surface area contributed by atoms with E-state index in [0.29, 0.717) is 16.8 Å². The third-order valence-corrected chi connectivity index (χ3v) is 5.60. The minimum absolute atomic E-state index is 0.0406. The summed E-state index contributed by atoms with van der Waals surface area (Å²) < 4.78 is 5.42. The van der Waals surface area contributed by atoms with Crippen LogP contribution in [0.4, 0.5) is 5.69 Å². The molecule has 1 aliphatic carbocycles. The van der Waals surface area contributed by atoms with Gasteiger partial charge >= 0.3 is 0 Å². The normalized spacial score (nSPS) is 15.3. The summed E-state index contributed by atoms with van der Waals surface area (Å²) in [6.45, 7) is 4.78. The molecule has 1 aliphatic heterocycles. The highest BCUT2D eigenvalue weighted by atomic mass is 16.5. The molecule has 2 heterocycles. The Morgan fingerprint density at radius 3 is 2.59 bits per heavy atom. The number of Topliss-reactive ketones (excluding diaryl/α,β-unsaturated/α-hetero) is 1. The minimum atomic E-state index is -0.0622. The van der Waals surface area contributed by atoms with Crippen molar-refractivity contribution in [2.24, 2.45) is 0 Å². The van der Waals surface area contributed by atoms with Crippen molar-refractivity contribution in [2.45, 2.75) is 13.3 Å². The van der Waals surface area contributed by atoms with E-state index in [-0.39, 0.29) is 18.0 Å². The van der Waals surface area contributed by atoms with Crippen molar-refractivity contribution in [3.8, 4) is 22.5 Å². The van der Waals surface area contributed by atoms with Crippen molar-refractivity contribution in [2.75, 3.05) is 31.2 Å². The number of anilines is 1. The molecule has 1 N–H and O–H groups in total. The highest BCUT2D eigenvalue weighted by Crippen LogP contribution is 2.41. The van der Waals surface area contributed by atoms with Crippen LogP contribution in [-0.4, -0.2) is 48.1 Å². The van der Waals surface area contributed by atoms with Crippen LogP contribution in [0.15, 0.2) is 42.5 Å². The summed E-state index contributed by atoms with van der Waals surface area (Å²) in [4.78, 5) is 27.2. The zero-order chi connectivity index (χ0) is 20.0. The molecule has 3 aromatic rings. The second-order valence-corrected chi connectivity index (χ2v) is 7.52. The molecule has 0 atom stereocenters. The van der Waals surface area contributed by atoms with Gasteiger partial charge in [0.05, 0.1) is 24.5 Å². The van der Waals surface area contributed by atoms with E-state index in [1.807, 2.05) is 30.3 Å². The average Bonchev–Trinajstić information content (AvgIpc) is 3.29. The molecule has 0 saturated carbocycles. The van der Waals surface area contributed by atoms with Gasteiger partial charge in [-0.15, -0.1) is 0 Å². The number of hydrogen-bond donors (Lipinski definition) is 1. The first-order valence-electron chi connectivity index (χ1n) is 9.81. The minimum Gasteiger partial charge on any atom is -0.378 e. The lowest BCUT2D eigenvalue weighted by Crippen LogP contribution is -2.36. The van der Waals surface area contributed by atoms with E-state index in [9.17, 15) is 9.59 Å². The van der Waals surface area contributed by atoms with E-state index in [1.165, 1.54) is 0 Å². The van der Waals surface area contributed by atoms with Crippen molar-refractivity contribution in [1.82, 2.24) is 10.2 Å². The lowest BCUT2D eigenvalue weighted by atomic mass is 9.97. The molecule has 146 valence electrons. The summed E-state index contributed by atoms with van der Waals surface area (Å²) in [5.74, 6) is -0.0216. The van der Waals surface area contributed by atoms with Crippen LogP contribution < -0.4 is 4.90 Å². The van der Waals surface area contributed by atoms with Gasteiger partial charge < -0.3 is 9.64 Å². The van der Waals surface area contributed by atoms with Crippen LogP contribution in [0.1, 0.15) is 28.4 Å². The maximum absolute atomic E-state index is 13.3. The number of carbonyl (C=O) groups is 2. The summed E-state index contributed by atoms with van der Waals surface area (Å²) in [5.41, 5.74) is 6.25. The molecule has 0 bridgehead atoms. The Labute approximate surface area is 168 Å². The fourth-order valence-electron chi connectivity index (χ4n) is 4.24. The highest BCUT2D eigenvalue weighted by molar-refractivity contribution is 6.24. The highest BCUT2D eigenvalue weighted by Gasteiger charge is 2.34. The van der Waals surface area contributed by atoms with Crippen molar-refractivity contribution >= 4 is 17.3 Å². The van der Waals surface area contributed by atoms with E-state index < -0.39 is 0 Å². The number of H-pyrrole nitrogens is 1. The second kappa shape index (κ2) is 6.97. The number of carbonyl (C=O) groups excluding carboxylic acids is 2. The van der Waals surface area contributed by atoms with E-state index >= 15 is 0 Å². The number of aromatic nitrogens is 2. The third kappa shape index (κ3) is 2.96. The molecule has 2 aromatic carbocycles. The van der Waals surface area contributed by atoms with Gasteiger partial charge in [0.15, 0.2) is 5.78 Å². The first-order valence-corrected chi connectivity index (χ1v) is 9.81. The van der Waals surface area contributed by atoms with Crippen molar-refractivity contribution in [3.63, 3.8) is 0 Å². The molecule has 29 heavy (non-hydrogen) atoms. The smallest absolute Gasteiger partial charge is 0.198 e. The Morgan fingerprint density at radius 2 is 1.86 bits per heavy atom. The van der Waals surface area contributed by atoms with Gasteiger partial charge in [0, 0.05) is 41.9 Å². The topological polar surface area (TPSA) is 75.3 Å². The van der Waals surface area contributed by atoms with Crippen LogP contribution >= 0.6 is 0 Å². The number of nitrogens with one attached hydrogen (secondary N) is 1. The zero-order valence-corrected chi connectivity index (χ0v) is 16.2. The SMILES string of the molecule is CC(=O)Cc1cccc2c1C(=O)c1c(-c3ccc(N4CCOCC4)cc3)n[nH]c1-2. The number of fused-ring (bicyclic) bond motifs is 3. The fraction of sp³-hybridized carbons (Fsp3) is 0.261. The average molecular weight is 387 g/mol. The van der Waals surface area contributed by atoms with E-state index in [4.69, 9.17) is 4.74 Å². The monoisotopic (exact) mass is 387 g/mol. The Kier molecular flexibility index (Phi) is 4.28. The van der Waals surface area contributed by atoms with Crippen LogP contribution in [0.5, 0.6) is 0 Å². The molecule has 0 radical (unpaired) electrons. The molecule has 1 aromatic heterocycles. The van der Waals surface area contributed by atoms with Gasteiger partial charge in [0.2, 0.25) is 0 Å². The Hall–Kier alpha value is -3.25. The van der Waals surface area contributed by atoms with Crippen molar-refractivity contribution in [3.05, 3.63) is 59.2 Å². The van der Waals surface area contributed by atoms with Crippen LogP contribution in [0.3, 0.4) is 0 Å². The Balaban J connectivity index is 1.51. The van der Waals surface area contributed by atoms with E-state index in [0.717, 1.165) is 54.4 Å². The standard InChI is InChI=1S/C23H21N3O3/c1-14(27)13-16-3-2-4-18-19(16)23(28)20-21(24-25-22(18)20)15-5-7-17(8-6-15)26-9-11-29-12-10-26/h2-8H,9-13H2,1H3,(H,24,25). The summed E-state index contributed by atoms with van der Waals surface area (Å²) in [7, 11) is 0. The number of benzene rings is 2. The third-order valence-electron chi connectivity index (χ3n) is 5.60. The lowest BCUT2D eigenvalue weighted by molar-refractivity contribution is -0.116. The van der Waals surface area contributed by atoms with Crippen molar-refractivity contribution < 1.29 is 14.3 Å². The molecular formula is C23H21N3O3. The molecule has 2 aliphatic rings. The molecular weight excluding hydrogens is 366 g/mol. The first kappa shape index (κ1) is 17.8. The Morgan fingerprint density at radius 1 is 1.10 bits per heavy atom. The largest absolute Gasteiger partial charge is 0.378 e. The maximum atomic E-state index is 13.3. The molecule has 5 rings (SSSR count). The fourth-order valence-corrected chi connectivity index (χ4v) is 4.24. The van der Waals surface area contributed by atoms with Crippen LogP contribution in [0, 0.1) is 0 Å². The number of rotatable bonds is 4. The molecule has 1 saturated heterocycles. The van der Waals surface area contributed by atoms with Gasteiger partial charge in [-0.3, -0.25) is 14.7 Å². The maximum Gasteiger partial charge on any atom is 0.198 e. The zero-order valence-electron chi connectivity index (χ0n) is 16.2. The van der Waals surface area contributed by atoms with E-state index in [1.54, 1.807) is 6.92 Å². The molecule has 0 amide bonds. The summed E-state index contributed by atoms with van der Waals surface area (Å²) in [6.07, 6.45) is 0.260. The predicted octanol–water partition coefficient (Wildman–Crippen LogP) is 3.26. The number of ketones is 2. The van der Waals surface area contributed by atoms with E-state index in [2.05, 4.69) is 27.2 Å².